The van der Waals surface area contributed by atoms with Crippen molar-refractivity contribution in [1.82, 2.24) is 9.88 Å². The van der Waals surface area contributed by atoms with Gasteiger partial charge in [0.2, 0.25) is 0 Å². The zero-order valence-electron chi connectivity index (χ0n) is 14.4. The monoisotopic (exact) mass is 463 g/mol. The minimum Gasteiger partial charge on any atom is -0.370 e. The number of halogens is 1. The van der Waals surface area contributed by atoms with Crippen LogP contribution in [0.2, 0.25) is 0 Å². The van der Waals surface area contributed by atoms with E-state index in [0.29, 0.717) is 0 Å². The second kappa shape index (κ2) is 10.4. The number of hydrogen-bond donors (Lipinski definition) is 1. The van der Waals surface area contributed by atoms with E-state index in [1.165, 1.54) is 44.9 Å². The Kier molecular flexibility index (Phi) is 8.58. The minimum atomic E-state index is 0. The maximum atomic E-state index is 6.18. The van der Waals surface area contributed by atoms with Gasteiger partial charge in [-0.1, -0.05) is 32.1 Å². The molecule has 2 N–H and O–H groups in total. The summed E-state index contributed by atoms with van der Waals surface area (Å²) in [5.74, 6) is 1.68. The van der Waals surface area contributed by atoms with Crippen LogP contribution in [0.3, 0.4) is 0 Å². The molecule has 0 radical (unpaired) electrons. The molecule has 1 aliphatic carbocycles. The average molecular weight is 463 g/mol. The van der Waals surface area contributed by atoms with Crippen molar-refractivity contribution in [3.05, 3.63) is 11.6 Å². The fraction of sp³-hybridized carbons (Fsp3) is 0.765. The molecule has 0 aromatic carbocycles. The lowest BCUT2D eigenvalue weighted by Gasteiger charge is -2.35. The molecular weight excluding hydrogens is 433 g/mol. The maximum absolute atomic E-state index is 6.18. The van der Waals surface area contributed by atoms with Gasteiger partial charge in [-0.15, -0.1) is 35.3 Å². The van der Waals surface area contributed by atoms with Gasteiger partial charge < -0.3 is 15.5 Å². The second-order valence-electron chi connectivity index (χ2n) is 6.67. The van der Waals surface area contributed by atoms with Gasteiger partial charge in [0.15, 0.2) is 11.1 Å². The minimum absolute atomic E-state index is 0. The summed E-state index contributed by atoms with van der Waals surface area (Å²) in [7, 11) is 0. The van der Waals surface area contributed by atoms with Crippen molar-refractivity contribution < 1.29 is 0 Å². The van der Waals surface area contributed by atoms with E-state index in [-0.39, 0.29) is 24.0 Å². The lowest BCUT2D eigenvalue weighted by Crippen LogP contribution is -2.51. The Hall–Kier alpha value is -0.570. The van der Waals surface area contributed by atoms with Gasteiger partial charge in [-0.05, 0) is 18.8 Å². The fourth-order valence-electron chi connectivity index (χ4n) is 3.65. The Morgan fingerprint density at radius 2 is 1.96 bits per heavy atom. The highest BCUT2D eigenvalue weighted by Crippen LogP contribution is 2.27. The molecule has 1 aliphatic heterocycles. The number of nitrogens with zero attached hydrogens (tertiary/aromatic N) is 4. The van der Waals surface area contributed by atoms with Crippen molar-refractivity contribution in [2.45, 2.75) is 44.9 Å². The summed E-state index contributed by atoms with van der Waals surface area (Å²) in [5.41, 5.74) is 6.18. The van der Waals surface area contributed by atoms with Crippen LogP contribution in [0.1, 0.15) is 44.9 Å². The van der Waals surface area contributed by atoms with Gasteiger partial charge in [0.1, 0.15) is 0 Å². The van der Waals surface area contributed by atoms with Gasteiger partial charge >= 0.3 is 0 Å². The molecule has 1 aromatic heterocycles. The Balaban J connectivity index is 0.00000208. The number of aliphatic imine (C=N–C) groups is 1. The van der Waals surface area contributed by atoms with E-state index < -0.39 is 0 Å². The largest absolute Gasteiger partial charge is 0.370 e. The highest BCUT2D eigenvalue weighted by Gasteiger charge is 2.19. The average Bonchev–Trinajstić information content (AvgIpc) is 3.14. The molecule has 1 aromatic rings. The number of piperazine rings is 1. The predicted octanol–water partition coefficient (Wildman–Crippen LogP) is 3.56. The Morgan fingerprint density at radius 3 is 2.62 bits per heavy atom. The molecule has 1 saturated carbocycles. The van der Waals surface area contributed by atoms with Gasteiger partial charge in [0, 0.05) is 44.3 Å². The number of anilines is 1. The molecule has 0 unspecified atom stereocenters. The fourth-order valence-corrected chi connectivity index (χ4v) is 4.35. The number of hydrogen-bond acceptors (Lipinski definition) is 4. The van der Waals surface area contributed by atoms with Crippen LogP contribution in [-0.2, 0) is 0 Å². The van der Waals surface area contributed by atoms with Gasteiger partial charge in [-0.25, -0.2) is 4.98 Å². The molecule has 2 heterocycles. The third kappa shape index (κ3) is 5.75. The molecule has 1 saturated heterocycles. The van der Waals surface area contributed by atoms with Crippen molar-refractivity contribution in [3.8, 4) is 0 Å². The number of aromatic nitrogens is 1. The quantitative estimate of drug-likeness (QED) is 0.314. The smallest absolute Gasteiger partial charge is 0.191 e. The summed E-state index contributed by atoms with van der Waals surface area (Å²) in [5, 5.41) is 3.15. The summed E-state index contributed by atoms with van der Waals surface area (Å²) in [6.45, 7) is 4.72. The van der Waals surface area contributed by atoms with Gasteiger partial charge in [0.05, 0.1) is 0 Å². The molecule has 3 rings (SSSR count). The summed E-state index contributed by atoms with van der Waals surface area (Å²) in [4.78, 5) is 13.5. The summed E-state index contributed by atoms with van der Waals surface area (Å²) in [6.07, 6.45) is 11.5. The van der Waals surface area contributed by atoms with Crippen LogP contribution in [0.15, 0.2) is 16.6 Å². The van der Waals surface area contributed by atoms with Gasteiger partial charge in [-0.2, -0.15) is 0 Å². The van der Waals surface area contributed by atoms with Crippen molar-refractivity contribution in [3.63, 3.8) is 0 Å². The number of guanidine groups is 1. The highest BCUT2D eigenvalue weighted by atomic mass is 127. The van der Waals surface area contributed by atoms with Crippen LogP contribution in [0.25, 0.3) is 0 Å². The predicted molar refractivity (Wildman–Crippen MR) is 114 cm³/mol. The van der Waals surface area contributed by atoms with Crippen LogP contribution in [0, 0.1) is 5.92 Å². The third-order valence-corrected chi connectivity index (χ3v) is 5.89. The van der Waals surface area contributed by atoms with Crippen molar-refractivity contribution in [1.29, 1.82) is 0 Å². The lowest BCUT2D eigenvalue weighted by molar-refractivity contribution is 0.333. The zero-order chi connectivity index (χ0) is 15.9. The first-order valence-corrected chi connectivity index (χ1v) is 9.90. The highest BCUT2D eigenvalue weighted by molar-refractivity contribution is 14.0. The molecule has 0 spiro atoms. The molecule has 2 fully saturated rings. The van der Waals surface area contributed by atoms with Crippen LogP contribution in [0.4, 0.5) is 5.13 Å². The molecule has 0 bridgehead atoms. The normalized spacial score (nSPS) is 20.1. The maximum Gasteiger partial charge on any atom is 0.191 e. The molecule has 0 amide bonds. The first-order valence-electron chi connectivity index (χ1n) is 9.02. The van der Waals surface area contributed by atoms with E-state index in [1.807, 2.05) is 11.6 Å². The van der Waals surface area contributed by atoms with E-state index in [4.69, 9.17) is 5.73 Å². The molecule has 0 atom stereocenters. The number of rotatable bonds is 5. The molecule has 2 aliphatic rings. The van der Waals surface area contributed by atoms with E-state index in [1.54, 1.807) is 11.3 Å². The molecule has 7 heteroatoms. The summed E-state index contributed by atoms with van der Waals surface area (Å²) in [6, 6.07) is 0. The summed E-state index contributed by atoms with van der Waals surface area (Å²) < 4.78 is 0. The summed E-state index contributed by atoms with van der Waals surface area (Å²) >= 11 is 1.70. The topological polar surface area (TPSA) is 57.8 Å². The van der Waals surface area contributed by atoms with E-state index in [2.05, 4.69) is 19.8 Å². The number of thiazole rings is 1. The Morgan fingerprint density at radius 1 is 1.21 bits per heavy atom. The zero-order valence-corrected chi connectivity index (χ0v) is 17.5. The van der Waals surface area contributed by atoms with Gasteiger partial charge in [-0.3, -0.25) is 4.99 Å². The molecule has 5 nitrogen and oxygen atoms in total. The Labute approximate surface area is 166 Å². The SMILES string of the molecule is I.NC(=NCCCC1CCCCC1)N1CCN(c2nccs2)CC1. The van der Waals surface area contributed by atoms with Crippen molar-refractivity contribution >= 4 is 46.4 Å². The van der Waals surface area contributed by atoms with Crippen LogP contribution in [0.5, 0.6) is 0 Å². The van der Waals surface area contributed by atoms with Crippen LogP contribution in [-0.4, -0.2) is 48.6 Å². The van der Waals surface area contributed by atoms with E-state index in [9.17, 15) is 0 Å². The number of nitrogens with two attached hydrogens (primary N) is 1. The van der Waals surface area contributed by atoms with Crippen molar-refractivity contribution in [2.75, 3.05) is 37.6 Å². The van der Waals surface area contributed by atoms with E-state index >= 15 is 0 Å². The van der Waals surface area contributed by atoms with E-state index in [0.717, 1.165) is 49.7 Å². The lowest BCUT2D eigenvalue weighted by atomic mass is 9.86. The Bertz CT molecular complexity index is 479. The standard InChI is InChI=1S/C17H29N5S.HI/c18-16(19-8-4-7-15-5-2-1-3-6-15)21-10-12-22(13-11-21)17-20-9-14-23-17;/h9,14-15H,1-8,10-13H2,(H2,18,19);1H. The third-order valence-electron chi connectivity index (χ3n) is 5.06. The van der Waals surface area contributed by atoms with Crippen LogP contribution >= 0.6 is 35.3 Å². The van der Waals surface area contributed by atoms with Gasteiger partial charge in [0.25, 0.3) is 0 Å². The molecular formula is C17H30IN5S. The second-order valence-corrected chi connectivity index (χ2v) is 7.55. The molecule has 136 valence electrons. The first-order chi connectivity index (χ1) is 11.3. The molecule has 24 heavy (non-hydrogen) atoms. The van der Waals surface area contributed by atoms with Crippen LogP contribution < -0.4 is 10.6 Å². The first kappa shape index (κ1) is 19.8. The van der Waals surface area contributed by atoms with Crippen molar-refractivity contribution in [2.24, 2.45) is 16.6 Å².